The minimum Gasteiger partial charge on any atom is -0.391 e. The van der Waals surface area contributed by atoms with Crippen LogP contribution in [-0.2, 0) is 14.3 Å². The number of rotatable bonds is 10. The van der Waals surface area contributed by atoms with Gasteiger partial charge >= 0.3 is 11.9 Å². The lowest BCUT2D eigenvalue weighted by atomic mass is 10.3. The van der Waals surface area contributed by atoms with Crippen molar-refractivity contribution in [3.63, 3.8) is 0 Å². The number of unbranched alkanes of at least 4 members (excludes halogenated alkanes) is 2. The summed E-state index contributed by atoms with van der Waals surface area (Å²) in [6, 6.07) is 0. The van der Waals surface area contributed by atoms with Gasteiger partial charge in [0.2, 0.25) is 0 Å². The molecule has 0 aliphatic rings. The van der Waals surface area contributed by atoms with Gasteiger partial charge in [0.1, 0.15) is 0 Å². The van der Waals surface area contributed by atoms with Crippen molar-refractivity contribution in [3.05, 3.63) is 0 Å². The molecule has 17 heavy (non-hydrogen) atoms. The summed E-state index contributed by atoms with van der Waals surface area (Å²) in [6.45, 7) is 5.89. The van der Waals surface area contributed by atoms with Crippen LogP contribution in [0.3, 0.4) is 0 Å². The van der Waals surface area contributed by atoms with Gasteiger partial charge < -0.3 is 15.4 Å². The highest BCUT2D eigenvalue weighted by Crippen LogP contribution is 1.85. The van der Waals surface area contributed by atoms with Crippen molar-refractivity contribution >= 4 is 11.9 Å². The van der Waals surface area contributed by atoms with E-state index in [0.29, 0.717) is 0 Å². The van der Waals surface area contributed by atoms with Crippen LogP contribution in [0.15, 0.2) is 0 Å². The maximum absolute atomic E-state index is 11.2. The second-order valence-corrected chi connectivity index (χ2v) is 3.91. The summed E-state index contributed by atoms with van der Waals surface area (Å²) in [7, 11) is 0. The SMILES string of the molecule is CCCCNCC(=O)OC(=O)CNCCCC. The third-order valence-corrected chi connectivity index (χ3v) is 2.18. The Morgan fingerprint density at radius 1 is 0.882 bits per heavy atom. The van der Waals surface area contributed by atoms with Gasteiger partial charge in [0, 0.05) is 0 Å². The van der Waals surface area contributed by atoms with E-state index < -0.39 is 11.9 Å². The van der Waals surface area contributed by atoms with Crippen molar-refractivity contribution in [1.82, 2.24) is 10.6 Å². The second kappa shape index (κ2) is 11.5. The second-order valence-electron chi connectivity index (χ2n) is 3.91. The number of nitrogens with one attached hydrogen (secondary N) is 2. The topological polar surface area (TPSA) is 67.4 Å². The van der Waals surface area contributed by atoms with Gasteiger partial charge in [0.15, 0.2) is 0 Å². The summed E-state index contributed by atoms with van der Waals surface area (Å²) in [6.07, 6.45) is 4.17. The average Bonchev–Trinajstić information content (AvgIpc) is 2.30. The molecule has 0 fully saturated rings. The fourth-order valence-electron chi connectivity index (χ4n) is 1.18. The first-order valence-corrected chi connectivity index (χ1v) is 6.35. The molecule has 0 rings (SSSR count). The molecule has 0 aromatic carbocycles. The number of ether oxygens (including phenoxy) is 1. The van der Waals surface area contributed by atoms with Gasteiger partial charge in [-0.1, -0.05) is 26.7 Å². The van der Waals surface area contributed by atoms with Crippen LogP contribution in [0, 0.1) is 0 Å². The number of hydrogen-bond acceptors (Lipinski definition) is 5. The number of esters is 2. The van der Waals surface area contributed by atoms with Crippen LogP contribution in [0.25, 0.3) is 0 Å². The Bertz CT molecular complexity index is 198. The predicted molar refractivity (Wildman–Crippen MR) is 66.7 cm³/mol. The maximum Gasteiger partial charge on any atom is 0.327 e. The number of carbonyl (C=O) groups excluding carboxylic acids is 2. The van der Waals surface area contributed by atoms with E-state index in [9.17, 15) is 9.59 Å². The molecule has 0 atom stereocenters. The molecule has 2 N–H and O–H groups in total. The first-order valence-electron chi connectivity index (χ1n) is 6.35. The van der Waals surface area contributed by atoms with Crippen molar-refractivity contribution in [2.24, 2.45) is 0 Å². The lowest BCUT2D eigenvalue weighted by Gasteiger charge is -2.05. The third-order valence-electron chi connectivity index (χ3n) is 2.18. The molecular formula is C12H24N2O3. The van der Waals surface area contributed by atoms with E-state index in [2.05, 4.69) is 29.2 Å². The van der Waals surface area contributed by atoms with Crippen LogP contribution in [0.2, 0.25) is 0 Å². The fourth-order valence-corrected chi connectivity index (χ4v) is 1.18. The Morgan fingerprint density at radius 3 is 1.65 bits per heavy atom. The van der Waals surface area contributed by atoms with Gasteiger partial charge in [-0.25, -0.2) is 0 Å². The Balaban J connectivity index is 3.42. The standard InChI is InChI=1S/C12H24N2O3/c1-3-5-7-13-9-11(15)17-12(16)10-14-8-6-4-2/h13-14H,3-10H2,1-2H3. The van der Waals surface area contributed by atoms with Crippen LogP contribution in [0.5, 0.6) is 0 Å². The first-order chi connectivity index (χ1) is 8.20. The normalized spacial score (nSPS) is 10.2. The molecule has 0 amide bonds. The monoisotopic (exact) mass is 244 g/mol. The van der Waals surface area contributed by atoms with Crippen LogP contribution in [0.4, 0.5) is 0 Å². The largest absolute Gasteiger partial charge is 0.391 e. The quantitative estimate of drug-likeness (QED) is 0.338. The molecule has 0 saturated heterocycles. The predicted octanol–water partition coefficient (Wildman–Crippen LogP) is 0.836. The van der Waals surface area contributed by atoms with Crippen molar-refractivity contribution < 1.29 is 14.3 Å². The minimum atomic E-state index is -0.511. The molecule has 0 aliphatic heterocycles. The summed E-state index contributed by atoms with van der Waals surface area (Å²) in [5, 5.41) is 5.84. The third kappa shape index (κ3) is 11.3. The van der Waals surface area contributed by atoms with Crippen molar-refractivity contribution in [1.29, 1.82) is 0 Å². The van der Waals surface area contributed by atoms with E-state index in [1.165, 1.54) is 0 Å². The molecule has 5 nitrogen and oxygen atoms in total. The fraction of sp³-hybridized carbons (Fsp3) is 0.833. The van der Waals surface area contributed by atoms with Gasteiger partial charge in [0.05, 0.1) is 13.1 Å². The zero-order valence-electron chi connectivity index (χ0n) is 10.9. The van der Waals surface area contributed by atoms with Gasteiger partial charge in [-0.2, -0.15) is 0 Å². The molecule has 0 unspecified atom stereocenters. The highest BCUT2D eigenvalue weighted by atomic mass is 16.6. The van der Waals surface area contributed by atoms with Gasteiger partial charge in [-0.3, -0.25) is 9.59 Å². The molecule has 0 aromatic rings. The molecule has 0 spiro atoms. The van der Waals surface area contributed by atoms with E-state index in [4.69, 9.17) is 0 Å². The van der Waals surface area contributed by atoms with Crippen molar-refractivity contribution in [3.8, 4) is 0 Å². The highest BCUT2D eigenvalue weighted by Gasteiger charge is 2.08. The van der Waals surface area contributed by atoms with E-state index in [1.54, 1.807) is 0 Å². The molecule has 0 radical (unpaired) electrons. The van der Waals surface area contributed by atoms with Crippen LogP contribution < -0.4 is 10.6 Å². The number of hydrogen-bond donors (Lipinski definition) is 2. The molecule has 0 aliphatic carbocycles. The molecule has 0 heterocycles. The van der Waals surface area contributed by atoms with Crippen molar-refractivity contribution in [2.45, 2.75) is 39.5 Å². The lowest BCUT2D eigenvalue weighted by molar-refractivity contribution is -0.158. The van der Waals surface area contributed by atoms with E-state index in [0.717, 1.165) is 38.8 Å². The summed E-state index contributed by atoms with van der Waals surface area (Å²) in [4.78, 5) is 22.3. The average molecular weight is 244 g/mol. The molecule has 0 aromatic heterocycles. The van der Waals surface area contributed by atoms with Crippen LogP contribution in [-0.4, -0.2) is 38.1 Å². The van der Waals surface area contributed by atoms with Crippen LogP contribution >= 0.6 is 0 Å². The van der Waals surface area contributed by atoms with E-state index >= 15 is 0 Å². The summed E-state index contributed by atoms with van der Waals surface area (Å²) < 4.78 is 4.61. The van der Waals surface area contributed by atoms with Gasteiger partial charge in [-0.05, 0) is 25.9 Å². The molecular weight excluding hydrogens is 220 g/mol. The Labute approximate surface area is 103 Å². The lowest BCUT2D eigenvalue weighted by Crippen LogP contribution is -2.31. The van der Waals surface area contributed by atoms with Gasteiger partial charge in [-0.15, -0.1) is 0 Å². The Morgan fingerprint density at radius 2 is 1.29 bits per heavy atom. The van der Waals surface area contributed by atoms with Gasteiger partial charge in [0.25, 0.3) is 0 Å². The highest BCUT2D eigenvalue weighted by molar-refractivity contribution is 5.87. The summed E-state index contributed by atoms with van der Waals surface area (Å²) in [5.41, 5.74) is 0. The zero-order valence-corrected chi connectivity index (χ0v) is 10.9. The summed E-state index contributed by atoms with van der Waals surface area (Å²) in [5.74, 6) is -1.02. The Hall–Kier alpha value is -0.940. The van der Waals surface area contributed by atoms with E-state index in [-0.39, 0.29) is 13.1 Å². The summed E-state index contributed by atoms with van der Waals surface area (Å²) >= 11 is 0. The van der Waals surface area contributed by atoms with E-state index in [1.807, 2.05) is 0 Å². The Kier molecular flexibility index (Phi) is 10.9. The molecule has 100 valence electrons. The van der Waals surface area contributed by atoms with Crippen LogP contribution in [0.1, 0.15) is 39.5 Å². The first kappa shape index (κ1) is 16.1. The number of carbonyl (C=O) groups is 2. The minimum absolute atomic E-state index is 0.0979. The molecule has 5 heteroatoms. The maximum atomic E-state index is 11.2. The smallest absolute Gasteiger partial charge is 0.327 e. The molecule has 0 saturated carbocycles. The van der Waals surface area contributed by atoms with Crippen molar-refractivity contribution in [2.75, 3.05) is 26.2 Å². The zero-order chi connectivity index (χ0) is 12.9. The molecule has 0 bridgehead atoms.